The van der Waals surface area contributed by atoms with Gasteiger partial charge in [-0.2, -0.15) is 0 Å². The molecule has 0 bridgehead atoms. The Morgan fingerprint density at radius 1 is 1.07 bits per heavy atom. The summed E-state index contributed by atoms with van der Waals surface area (Å²) in [6.45, 7) is 3.64. The molecule has 0 radical (unpaired) electrons. The molecule has 0 saturated heterocycles. The summed E-state index contributed by atoms with van der Waals surface area (Å²) in [5, 5.41) is -0.238. The van der Waals surface area contributed by atoms with E-state index in [1.54, 1.807) is 13.0 Å². The highest BCUT2D eigenvalue weighted by Crippen LogP contribution is 2.22. The highest BCUT2D eigenvalue weighted by Gasteiger charge is 2.22. The number of sulfonamides is 1. The van der Waals surface area contributed by atoms with Gasteiger partial charge in [0.15, 0.2) is 5.15 Å². The van der Waals surface area contributed by atoms with Crippen LogP contribution in [0.4, 0.5) is 0 Å². The topological polar surface area (TPSA) is 93.1 Å². The number of halogens is 2. The van der Waals surface area contributed by atoms with Gasteiger partial charge in [0.1, 0.15) is 10.0 Å². The molecule has 0 unspecified atom stereocenters. The lowest BCUT2D eigenvalue weighted by molar-refractivity contribution is 0.0944. The van der Waals surface area contributed by atoms with E-state index >= 15 is 0 Å². The van der Waals surface area contributed by atoms with Crippen LogP contribution in [0.1, 0.15) is 21.7 Å². The zero-order chi connectivity index (χ0) is 20.5. The van der Waals surface area contributed by atoms with Crippen LogP contribution in [-0.4, -0.2) is 23.9 Å². The average molecular weight is 439 g/mol. The number of amides is 1. The first-order chi connectivity index (χ1) is 13.2. The molecule has 7 nitrogen and oxygen atoms in total. The van der Waals surface area contributed by atoms with E-state index in [1.165, 1.54) is 12.1 Å². The normalized spacial score (nSPS) is 11.4. The number of hydrogen-bond acceptors (Lipinski definition) is 4. The third kappa shape index (κ3) is 4.05. The minimum absolute atomic E-state index is 0.0568. The Bertz CT molecular complexity index is 1150. The lowest BCUT2D eigenvalue weighted by Crippen LogP contribution is -2.41. The molecule has 146 valence electrons. The zero-order valence-electron chi connectivity index (χ0n) is 14.9. The summed E-state index contributed by atoms with van der Waals surface area (Å²) in [5.41, 5.74) is 4.95. The van der Waals surface area contributed by atoms with E-state index in [9.17, 15) is 13.2 Å². The van der Waals surface area contributed by atoms with Gasteiger partial charge in [0, 0.05) is 17.1 Å². The van der Waals surface area contributed by atoms with Crippen molar-refractivity contribution in [2.45, 2.75) is 18.7 Å². The van der Waals surface area contributed by atoms with Crippen molar-refractivity contribution in [2.24, 2.45) is 0 Å². The lowest BCUT2D eigenvalue weighted by Gasteiger charge is -2.11. The van der Waals surface area contributed by atoms with Gasteiger partial charge in [0.25, 0.3) is 15.9 Å². The molecule has 1 aromatic carbocycles. The molecule has 2 N–H and O–H groups in total. The number of hydrogen-bond donors (Lipinski definition) is 2. The van der Waals surface area contributed by atoms with Gasteiger partial charge in [-0.3, -0.25) is 10.2 Å². The first kappa shape index (κ1) is 20.3. The summed E-state index contributed by atoms with van der Waals surface area (Å²) in [5.74, 6) is -0.600. The number of carbonyl (C=O) groups is 1. The first-order valence-corrected chi connectivity index (χ1v) is 10.3. The third-order valence-electron chi connectivity index (χ3n) is 4.06. The van der Waals surface area contributed by atoms with Crippen LogP contribution in [0.25, 0.3) is 5.69 Å². The van der Waals surface area contributed by atoms with Crippen LogP contribution in [0.3, 0.4) is 0 Å². The molecular formula is C18H16Cl2N4O3S. The fraction of sp³-hybridized carbons (Fsp3) is 0.111. The van der Waals surface area contributed by atoms with Crippen LogP contribution < -0.4 is 10.3 Å². The van der Waals surface area contributed by atoms with Crippen LogP contribution in [0.5, 0.6) is 0 Å². The molecule has 0 spiro atoms. The molecule has 3 rings (SSSR count). The molecule has 2 aromatic heterocycles. The second-order valence-corrected chi connectivity index (χ2v) is 8.33. The lowest BCUT2D eigenvalue weighted by atomic mass is 10.2. The van der Waals surface area contributed by atoms with Crippen molar-refractivity contribution in [1.29, 1.82) is 0 Å². The smallest absolute Gasteiger partial charge is 0.268 e. The van der Waals surface area contributed by atoms with Crippen molar-refractivity contribution in [2.75, 3.05) is 0 Å². The number of benzene rings is 1. The Morgan fingerprint density at radius 3 is 2.39 bits per heavy atom. The van der Waals surface area contributed by atoms with E-state index in [2.05, 4.69) is 10.4 Å². The van der Waals surface area contributed by atoms with Crippen molar-refractivity contribution in [3.8, 4) is 5.69 Å². The number of hydrazine groups is 1. The maximum atomic E-state index is 12.6. The number of pyridine rings is 1. The summed E-state index contributed by atoms with van der Waals surface area (Å²) in [6.07, 6.45) is 0. The number of aromatic nitrogens is 2. The molecule has 28 heavy (non-hydrogen) atoms. The molecule has 0 fully saturated rings. The highest BCUT2D eigenvalue weighted by molar-refractivity contribution is 7.89. The fourth-order valence-electron chi connectivity index (χ4n) is 2.80. The minimum Gasteiger partial charge on any atom is -0.318 e. The molecule has 0 aliphatic rings. The van der Waals surface area contributed by atoms with Crippen LogP contribution in [0.2, 0.25) is 10.3 Å². The van der Waals surface area contributed by atoms with E-state index in [0.29, 0.717) is 11.3 Å². The monoisotopic (exact) mass is 438 g/mol. The van der Waals surface area contributed by atoms with Crippen molar-refractivity contribution >= 4 is 39.1 Å². The van der Waals surface area contributed by atoms with E-state index in [-0.39, 0.29) is 15.2 Å². The Kier molecular flexibility index (Phi) is 5.76. The molecular weight excluding hydrogens is 423 g/mol. The summed E-state index contributed by atoms with van der Waals surface area (Å²) < 4.78 is 26.7. The van der Waals surface area contributed by atoms with E-state index < -0.39 is 15.9 Å². The van der Waals surface area contributed by atoms with Crippen LogP contribution in [-0.2, 0) is 10.0 Å². The standard InChI is InChI=1S/C18H16Cl2N4O3S/c1-11-10-14(12(2)24(11)13-6-4-3-5-7-13)18(25)22-23-28(26,27)15-8-9-16(19)21-17(15)20/h3-10,23H,1-2H3,(H,22,25). The zero-order valence-corrected chi connectivity index (χ0v) is 17.2. The molecule has 1 amide bonds. The average Bonchev–Trinajstić information content (AvgIpc) is 2.94. The number of nitrogens with one attached hydrogen (secondary N) is 2. The molecule has 10 heteroatoms. The van der Waals surface area contributed by atoms with Gasteiger partial charge in [-0.05, 0) is 44.2 Å². The van der Waals surface area contributed by atoms with Crippen LogP contribution >= 0.6 is 23.2 Å². The molecule has 0 aliphatic carbocycles. The number of nitrogens with zero attached hydrogens (tertiary/aromatic N) is 2. The molecule has 0 aliphatic heterocycles. The number of para-hydroxylation sites is 1. The largest absolute Gasteiger partial charge is 0.318 e. The summed E-state index contributed by atoms with van der Waals surface area (Å²) in [6, 6.07) is 13.7. The minimum atomic E-state index is -4.12. The summed E-state index contributed by atoms with van der Waals surface area (Å²) >= 11 is 11.5. The Balaban J connectivity index is 1.82. The van der Waals surface area contributed by atoms with Gasteiger partial charge < -0.3 is 4.57 Å². The fourth-order valence-corrected chi connectivity index (χ4v) is 4.30. The first-order valence-electron chi connectivity index (χ1n) is 8.09. The number of rotatable bonds is 5. The Hall–Kier alpha value is -2.39. The van der Waals surface area contributed by atoms with Crippen molar-refractivity contribution in [3.05, 3.63) is 75.8 Å². The van der Waals surface area contributed by atoms with E-state index in [4.69, 9.17) is 23.2 Å². The van der Waals surface area contributed by atoms with Gasteiger partial charge in [0.05, 0.1) is 5.56 Å². The van der Waals surface area contributed by atoms with E-state index in [1.807, 2.05) is 46.7 Å². The maximum absolute atomic E-state index is 12.6. The summed E-state index contributed by atoms with van der Waals surface area (Å²) in [4.78, 5) is 18.0. The predicted molar refractivity (Wildman–Crippen MR) is 107 cm³/mol. The van der Waals surface area contributed by atoms with Gasteiger partial charge in [-0.15, -0.1) is 4.83 Å². The molecule has 0 atom stereocenters. The maximum Gasteiger partial charge on any atom is 0.268 e. The Morgan fingerprint density at radius 2 is 1.75 bits per heavy atom. The van der Waals surface area contributed by atoms with Crippen LogP contribution in [0.15, 0.2) is 53.4 Å². The van der Waals surface area contributed by atoms with E-state index in [0.717, 1.165) is 11.4 Å². The van der Waals surface area contributed by atoms with Gasteiger partial charge in [0.2, 0.25) is 0 Å². The molecule has 0 saturated carbocycles. The van der Waals surface area contributed by atoms with Crippen LogP contribution in [0, 0.1) is 13.8 Å². The second-order valence-electron chi connectivity index (χ2n) is 5.94. The van der Waals surface area contributed by atoms with Crippen molar-refractivity contribution < 1.29 is 13.2 Å². The highest BCUT2D eigenvalue weighted by atomic mass is 35.5. The summed E-state index contributed by atoms with van der Waals surface area (Å²) in [7, 11) is -4.12. The number of carbonyl (C=O) groups excluding carboxylic acids is 1. The molecule has 3 aromatic rings. The second kappa shape index (κ2) is 7.92. The van der Waals surface area contributed by atoms with Gasteiger partial charge in [-0.25, -0.2) is 13.4 Å². The molecule has 2 heterocycles. The third-order valence-corrected chi connectivity index (χ3v) is 5.95. The van der Waals surface area contributed by atoms with Crippen molar-refractivity contribution in [3.63, 3.8) is 0 Å². The van der Waals surface area contributed by atoms with Crippen molar-refractivity contribution in [1.82, 2.24) is 19.8 Å². The predicted octanol–water partition coefficient (Wildman–Crippen LogP) is 3.42. The van der Waals surface area contributed by atoms with Gasteiger partial charge >= 0.3 is 0 Å². The van der Waals surface area contributed by atoms with Gasteiger partial charge in [-0.1, -0.05) is 41.4 Å². The number of aryl methyl sites for hydroxylation is 1. The SMILES string of the molecule is Cc1cc(C(=O)NNS(=O)(=O)c2ccc(Cl)nc2Cl)c(C)n1-c1ccccc1. The Labute approximate surface area is 172 Å². The quantitative estimate of drug-likeness (QED) is 0.471.